The summed E-state index contributed by atoms with van der Waals surface area (Å²) in [4.78, 5) is 0. The highest BCUT2D eigenvalue weighted by Crippen LogP contribution is 2.27. The van der Waals surface area contributed by atoms with Gasteiger partial charge in [0.15, 0.2) is 0 Å². The summed E-state index contributed by atoms with van der Waals surface area (Å²) in [5.41, 5.74) is 0. The zero-order chi connectivity index (χ0) is 8.97. The zero-order valence-corrected chi connectivity index (χ0v) is 8.81. The Hall–Kier alpha value is 0.01000. The zero-order valence-electron chi connectivity index (χ0n) is 6.46. The van der Waals surface area contributed by atoms with Crippen molar-refractivity contribution in [3.8, 4) is 0 Å². The molecule has 0 aliphatic heterocycles. The molecule has 1 unspecified atom stereocenters. The third-order valence-corrected chi connectivity index (χ3v) is 2.48. The summed E-state index contributed by atoms with van der Waals surface area (Å²) in [6.07, 6.45) is 2.42. The third-order valence-electron chi connectivity index (χ3n) is 1.56. The molecule has 1 heterocycles. The Balaban J connectivity index is 2.52. The van der Waals surface area contributed by atoms with Crippen molar-refractivity contribution in [1.82, 2.24) is 0 Å². The van der Waals surface area contributed by atoms with Gasteiger partial charge >= 0.3 is 0 Å². The van der Waals surface area contributed by atoms with Crippen LogP contribution in [0.1, 0.15) is 24.7 Å². The maximum atomic E-state index is 9.54. The third kappa shape index (κ3) is 2.51. The van der Waals surface area contributed by atoms with E-state index in [1.54, 1.807) is 12.3 Å². The normalized spacial score (nSPS) is 13.2. The molecule has 0 aliphatic rings. The first-order chi connectivity index (χ1) is 5.75. The number of hydrogen-bond donors (Lipinski definition) is 1. The van der Waals surface area contributed by atoms with E-state index < -0.39 is 6.10 Å². The number of furan rings is 1. The predicted molar refractivity (Wildman–Crippen MR) is 51.3 cm³/mol. The van der Waals surface area contributed by atoms with E-state index in [0.717, 1.165) is 10.9 Å². The molecule has 4 heteroatoms. The second-order valence-electron chi connectivity index (χ2n) is 2.48. The summed E-state index contributed by atoms with van der Waals surface area (Å²) >= 11 is 8.77. The highest BCUT2D eigenvalue weighted by molar-refractivity contribution is 9.10. The Morgan fingerprint density at radius 3 is 2.92 bits per heavy atom. The quantitative estimate of drug-likeness (QED) is 0.837. The van der Waals surface area contributed by atoms with Gasteiger partial charge in [-0.1, -0.05) is 0 Å². The van der Waals surface area contributed by atoms with Gasteiger partial charge in [-0.05, 0) is 34.8 Å². The van der Waals surface area contributed by atoms with Crippen LogP contribution in [0.5, 0.6) is 0 Å². The molecule has 0 bridgehead atoms. The van der Waals surface area contributed by atoms with Gasteiger partial charge in [0, 0.05) is 5.88 Å². The van der Waals surface area contributed by atoms with E-state index in [1.807, 2.05) is 0 Å². The minimum Gasteiger partial charge on any atom is -0.465 e. The molecule has 0 aliphatic carbocycles. The molecule has 2 nitrogen and oxygen atoms in total. The monoisotopic (exact) mass is 252 g/mol. The maximum absolute atomic E-state index is 9.54. The topological polar surface area (TPSA) is 33.4 Å². The molecule has 1 rings (SSSR count). The Morgan fingerprint density at radius 1 is 1.67 bits per heavy atom. The number of aliphatic hydroxyl groups is 1. The molecule has 0 spiro atoms. The Bertz CT molecular complexity index is 237. The highest BCUT2D eigenvalue weighted by atomic mass is 79.9. The van der Waals surface area contributed by atoms with Gasteiger partial charge in [0.2, 0.25) is 0 Å². The van der Waals surface area contributed by atoms with Gasteiger partial charge in [-0.25, -0.2) is 0 Å². The lowest BCUT2D eigenvalue weighted by Crippen LogP contribution is -1.96. The summed E-state index contributed by atoms with van der Waals surface area (Å²) in [6.45, 7) is 0. The lowest BCUT2D eigenvalue weighted by molar-refractivity contribution is 0.138. The van der Waals surface area contributed by atoms with Gasteiger partial charge in [-0.15, -0.1) is 11.6 Å². The SMILES string of the molecule is OC(CCCCl)c1occc1Br. The van der Waals surface area contributed by atoms with E-state index in [2.05, 4.69) is 15.9 Å². The summed E-state index contributed by atoms with van der Waals surface area (Å²) in [5.74, 6) is 1.15. The Kier molecular flexibility index (Phi) is 4.12. The maximum Gasteiger partial charge on any atom is 0.146 e. The van der Waals surface area contributed by atoms with Crippen molar-refractivity contribution < 1.29 is 9.52 Å². The molecule has 0 fully saturated rings. The van der Waals surface area contributed by atoms with Gasteiger partial charge in [-0.2, -0.15) is 0 Å². The Morgan fingerprint density at radius 2 is 2.42 bits per heavy atom. The highest BCUT2D eigenvalue weighted by Gasteiger charge is 2.13. The van der Waals surface area contributed by atoms with Crippen molar-refractivity contribution in [2.24, 2.45) is 0 Å². The fourth-order valence-electron chi connectivity index (χ4n) is 0.945. The largest absolute Gasteiger partial charge is 0.465 e. The van der Waals surface area contributed by atoms with Crippen LogP contribution in [0.4, 0.5) is 0 Å². The number of alkyl halides is 1. The van der Waals surface area contributed by atoms with E-state index in [0.29, 0.717) is 18.1 Å². The number of halogens is 2. The van der Waals surface area contributed by atoms with E-state index in [1.165, 1.54) is 0 Å². The lowest BCUT2D eigenvalue weighted by atomic mass is 10.2. The van der Waals surface area contributed by atoms with E-state index >= 15 is 0 Å². The predicted octanol–water partition coefficient (Wildman–Crippen LogP) is 3.09. The van der Waals surface area contributed by atoms with Crippen LogP contribution in [-0.2, 0) is 0 Å². The van der Waals surface area contributed by atoms with Crippen molar-refractivity contribution >= 4 is 27.5 Å². The van der Waals surface area contributed by atoms with E-state index in [9.17, 15) is 5.11 Å². The first-order valence-electron chi connectivity index (χ1n) is 3.72. The van der Waals surface area contributed by atoms with Crippen LogP contribution in [-0.4, -0.2) is 11.0 Å². The van der Waals surface area contributed by atoms with Crippen molar-refractivity contribution in [3.05, 3.63) is 22.6 Å². The van der Waals surface area contributed by atoms with Crippen molar-refractivity contribution in [2.45, 2.75) is 18.9 Å². The first kappa shape index (κ1) is 10.1. The standard InChI is InChI=1S/C8H10BrClO2/c9-6-3-5-12-8(6)7(11)2-1-4-10/h3,5,7,11H,1-2,4H2. The van der Waals surface area contributed by atoms with E-state index in [4.69, 9.17) is 16.0 Å². The molecule has 1 aromatic heterocycles. The minimum atomic E-state index is -0.548. The molecule has 12 heavy (non-hydrogen) atoms. The van der Waals surface area contributed by atoms with Crippen LogP contribution >= 0.6 is 27.5 Å². The smallest absolute Gasteiger partial charge is 0.146 e. The summed E-state index contributed by atoms with van der Waals surface area (Å²) < 4.78 is 5.89. The molecule has 0 aromatic carbocycles. The van der Waals surface area contributed by atoms with Gasteiger partial charge < -0.3 is 9.52 Å². The van der Waals surface area contributed by atoms with Gasteiger partial charge in [0.25, 0.3) is 0 Å². The van der Waals surface area contributed by atoms with Crippen LogP contribution in [0, 0.1) is 0 Å². The summed E-state index contributed by atoms with van der Waals surface area (Å²) in [6, 6.07) is 1.76. The molecular weight excluding hydrogens is 243 g/mol. The number of rotatable bonds is 4. The average Bonchev–Trinajstić information content (AvgIpc) is 2.47. The molecule has 0 amide bonds. The van der Waals surface area contributed by atoms with Crippen LogP contribution in [0.15, 0.2) is 21.2 Å². The van der Waals surface area contributed by atoms with E-state index in [-0.39, 0.29) is 0 Å². The minimum absolute atomic E-state index is 0.548. The fourth-order valence-corrected chi connectivity index (χ4v) is 1.56. The van der Waals surface area contributed by atoms with Gasteiger partial charge in [0.1, 0.15) is 11.9 Å². The lowest BCUT2D eigenvalue weighted by Gasteiger charge is -2.06. The van der Waals surface area contributed by atoms with Crippen molar-refractivity contribution in [1.29, 1.82) is 0 Å². The fraction of sp³-hybridized carbons (Fsp3) is 0.500. The number of hydrogen-bond acceptors (Lipinski definition) is 2. The molecular formula is C8H10BrClO2. The van der Waals surface area contributed by atoms with Crippen LogP contribution in [0.3, 0.4) is 0 Å². The second kappa shape index (κ2) is 4.90. The van der Waals surface area contributed by atoms with Crippen LogP contribution in [0.2, 0.25) is 0 Å². The molecule has 1 aromatic rings. The van der Waals surface area contributed by atoms with Crippen molar-refractivity contribution in [3.63, 3.8) is 0 Å². The molecule has 1 atom stereocenters. The molecule has 0 saturated carbocycles. The van der Waals surface area contributed by atoms with Crippen LogP contribution < -0.4 is 0 Å². The van der Waals surface area contributed by atoms with Crippen LogP contribution in [0.25, 0.3) is 0 Å². The van der Waals surface area contributed by atoms with Crippen molar-refractivity contribution in [2.75, 3.05) is 5.88 Å². The summed E-state index contributed by atoms with van der Waals surface area (Å²) in [5, 5.41) is 9.54. The molecule has 68 valence electrons. The van der Waals surface area contributed by atoms with Gasteiger partial charge in [0.05, 0.1) is 10.7 Å². The molecule has 0 saturated heterocycles. The second-order valence-corrected chi connectivity index (χ2v) is 3.71. The number of aliphatic hydroxyl groups excluding tert-OH is 1. The first-order valence-corrected chi connectivity index (χ1v) is 5.05. The molecule has 0 radical (unpaired) electrons. The average molecular weight is 254 g/mol. The summed E-state index contributed by atoms with van der Waals surface area (Å²) in [7, 11) is 0. The van der Waals surface area contributed by atoms with Gasteiger partial charge in [-0.3, -0.25) is 0 Å². The Labute approximate surface area is 84.7 Å². The molecule has 1 N–H and O–H groups in total.